The summed E-state index contributed by atoms with van der Waals surface area (Å²) in [5, 5.41) is 9.09. The van der Waals surface area contributed by atoms with Crippen LogP contribution >= 0.6 is 11.3 Å². The molecular weight excluding hydrogens is 308 g/mol. The number of nitrogens with zero attached hydrogens (tertiary/aromatic N) is 4. The van der Waals surface area contributed by atoms with Crippen LogP contribution in [0, 0.1) is 0 Å². The Balaban J connectivity index is 1.99. The van der Waals surface area contributed by atoms with E-state index in [1.807, 2.05) is 34.7 Å². The third-order valence-corrected chi connectivity index (χ3v) is 5.82. The van der Waals surface area contributed by atoms with Crippen LogP contribution in [-0.2, 0) is 12.8 Å². The molecule has 1 aromatic carbocycles. The van der Waals surface area contributed by atoms with Crippen molar-refractivity contribution in [2.75, 3.05) is 0 Å². The average molecular weight is 322 g/mol. The Bertz CT molecular complexity index is 1090. The summed E-state index contributed by atoms with van der Waals surface area (Å²) in [5.74, 6) is 0.576. The molecule has 0 radical (unpaired) electrons. The van der Waals surface area contributed by atoms with Crippen molar-refractivity contribution in [3.8, 4) is 5.69 Å². The zero-order valence-electron chi connectivity index (χ0n) is 12.4. The number of aromatic nitrogens is 4. The summed E-state index contributed by atoms with van der Waals surface area (Å²) in [6.07, 6.45) is 6.14. The van der Waals surface area contributed by atoms with Gasteiger partial charge in [0.2, 0.25) is 5.78 Å². The third kappa shape index (κ3) is 1.75. The summed E-state index contributed by atoms with van der Waals surface area (Å²) in [4.78, 5) is 15.6. The highest BCUT2D eigenvalue weighted by Crippen LogP contribution is 2.35. The Morgan fingerprint density at radius 3 is 2.78 bits per heavy atom. The summed E-state index contributed by atoms with van der Waals surface area (Å²) in [6.45, 7) is 0. The van der Waals surface area contributed by atoms with Gasteiger partial charge in [-0.15, -0.1) is 21.5 Å². The minimum absolute atomic E-state index is 0.0195. The van der Waals surface area contributed by atoms with E-state index < -0.39 is 0 Å². The highest BCUT2D eigenvalue weighted by atomic mass is 32.1. The predicted octanol–water partition coefficient (Wildman–Crippen LogP) is 2.97. The van der Waals surface area contributed by atoms with Crippen molar-refractivity contribution in [3.05, 3.63) is 57.5 Å². The van der Waals surface area contributed by atoms with E-state index in [0.29, 0.717) is 5.78 Å². The molecule has 0 fully saturated rings. The van der Waals surface area contributed by atoms with Crippen molar-refractivity contribution in [3.63, 3.8) is 0 Å². The second kappa shape index (κ2) is 4.76. The van der Waals surface area contributed by atoms with Gasteiger partial charge in [-0.3, -0.25) is 9.20 Å². The van der Waals surface area contributed by atoms with Gasteiger partial charge in [-0.25, -0.2) is 4.57 Å². The molecule has 0 atom stereocenters. The van der Waals surface area contributed by atoms with E-state index in [0.717, 1.165) is 35.2 Å². The van der Waals surface area contributed by atoms with Gasteiger partial charge in [0, 0.05) is 4.88 Å². The maximum absolute atomic E-state index is 13.3. The quantitative estimate of drug-likeness (QED) is 0.541. The van der Waals surface area contributed by atoms with Crippen molar-refractivity contribution < 1.29 is 0 Å². The third-order valence-electron chi connectivity index (χ3n) is 4.53. The second-order valence-electron chi connectivity index (χ2n) is 5.87. The van der Waals surface area contributed by atoms with Gasteiger partial charge >= 0.3 is 0 Å². The van der Waals surface area contributed by atoms with E-state index in [2.05, 4.69) is 10.2 Å². The van der Waals surface area contributed by atoms with Gasteiger partial charge in [-0.1, -0.05) is 18.2 Å². The number of rotatable bonds is 1. The molecule has 3 aromatic heterocycles. The van der Waals surface area contributed by atoms with Crippen LogP contribution < -0.4 is 5.56 Å². The molecule has 0 amide bonds. The fourth-order valence-electron chi connectivity index (χ4n) is 3.48. The number of aryl methyl sites for hydroxylation is 2. The zero-order chi connectivity index (χ0) is 15.4. The lowest BCUT2D eigenvalue weighted by Crippen LogP contribution is -2.22. The van der Waals surface area contributed by atoms with Gasteiger partial charge in [0.25, 0.3) is 5.56 Å². The standard InChI is InChI=1S/C17H14N4OS/c22-15-14-12-8-4-5-9-13(12)23-16(14)20-10-18-19-17(20)21(15)11-6-2-1-3-7-11/h1-3,6-7,10H,4-5,8-9H2. The number of para-hydroxylation sites is 1. The van der Waals surface area contributed by atoms with Gasteiger partial charge in [0.15, 0.2) is 0 Å². The van der Waals surface area contributed by atoms with Gasteiger partial charge < -0.3 is 0 Å². The van der Waals surface area contributed by atoms with Crippen LogP contribution in [0.3, 0.4) is 0 Å². The minimum atomic E-state index is 0.0195. The van der Waals surface area contributed by atoms with Crippen LogP contribution in [-0.4, -0.2) is 19.2 Å². The van der Waals surface area contributed by atoms with Crippen LogP contribution in [0.25, 0.3) is 21.7 Å². The summed E-state index contributed by atoms with van der Waals surface area (Å²) in [6, 6.07) is 9.67. The van der Waals surface area contributed by atoms with E-state index in [1.54, 1.807) is 22.2 Å². The second-order valence-corrected chi connectivity index (χ2v) is 6.95. The highest BCUT2D eigenvalue weighted by Gasteiger charge is 2.23. The first kappa shape index (κ1) is 13.0. The monoisotopic (exact) mass is 322 g/mol. The molecule has 5 nitrogen and oxygen atoms in total. The van der Waals surface area contributed by atoms with Crippen molar-refractivity contribution in [2.45, 2.75) is 25.7 Å². The fraction of sp³-hybridized carbons (Fsp3) is 0.235. The Morgan fingerprint density at radius 1 is 1.09 bits per heavy atom. The van der Waals surface area contributed by atoms with Gasteiger partial charge in [0.05, 0.1) is 11.1 Å². The number of fused-ring (bicyclic) bond motifs is 5. The van der Waals surface area contributed by atoms with Gasteiger partial charge in [-0.2, -0.15) is 0 Å². The Kier molecular flexibility index (Phi) is 2.69. The summed E-state index contributed by atoms with van der Waals surface area (Å²) >= 11 is 1.72. The molecule has 6 heteroatoms. The van der Waals surface area contributed by atoms with Gasteiger partial charge in [0.1, 0.15) is 11.2 Å². The number of hydrogen-bond acceptors (Lipinski definition) is 4. The number of thiophene rings is 1. The van der Waals surface area contributed by atoms with Crippen LogP contribution in [0.2, 0.25) is 0 Å². The SMILES string of the molecule is O=c1c2c3c(sc2n2cnnc2n1-c1ccccc1)CCCC3. The molecule has 0 spiro atoms. The highest BCUT2D eigenvalue weighted by molar-refractivity contribution is 7.18. The van der Waals surface area contributed by atoms with E-state index in [4.69, 9.17) is 0 Å². The lowest BCUT2D eigenvalue weighted by molar-refractivity contribution is 0.699. The molecule has 5 rings (SSSR count). The molecule has 0 N–H and O–H groups in total. The largest absolute Gasteiger partial charge is 0.268 e. The molecule has 4 aromatic rings. The van der Waals surface area contributed by atoms with Crippen LogP contribution in [0.5, 0.6) is 0 Å². The molecule has 0 aliphatic heterocycles. The first-order valence-corrected chi connectivity index (χ1v) is 8.60. The van der Waals surface area contributed by atoms with Crippen LogP contribution in [0.1, 0.15) is 23.3 Å². The molecular formula is C17H14N4OS. The lowest BCUT2D eigenvalue weighted by atomic mass is 9.97. The zero-order valence-corrected chi connectivity index (χ0v) is 13.2. The van der Waals surface area contributed by atoms with E-state index in [9.17, 15) is 4.79 Å². The molecule has 0 saturated carbocycles. The number of benzene rings is 1. The smallest absolute Gasteiger partial charge is 0.268 e. The van der Waals surface area contributed by atoms with Crippen LogP contribution in [0.15, 0.2) is 41.5 Å². The fourth-order valence-corrected chi connectivity index (χ4v) is 4.83. The molecule has 1 aliphatic rings. The Hall–Kier alpha value is -2.47. The van der Waals surface area contributed by atoms with Crippen molar-refractivity contribution >= 4 is 27.3 Å². The molecule has 3 heterocycles. The maximum atomic E-state index is 13.3. The predicted molar refractivity (Wildman–Crippen MR) is 90.6 cm³/mol. The Morgan fingerprint density at radius 2 is 1.91 bits per heavy atom. The van der Waals surface area contributed by atoms with E-state index >= 15 is 0 Å². The van der Waals surface area contributed by atoms with Crippen molar-refractivity contribution in [1.82, 2.24) is 19.2 Å². The maximum Gasteiger partial charge on any atom is 0.268 e. The molecule has 114 valence electrons. The van der Waals surface area contributed by atoms with Crippen LogP contribution in [0.4, 0.5) is 0 Å². The summed E-state index contributed by atoms with van der Waals surface area (Å²) in [7, 11) is 0. The van der Waals surface area contributed by atoms with Gasteiger partial charge in [-0.05, 0) is 43.4 Å². The average Bonchev–Trinajstić information content (AvgIpc) is 3.20. The topological polar surface area (TPSA) is 52.2 Å². The molecule has 23 heavy (non-hydrogen) atoms. The molecule has 1 aliphatic carbocycles. The first-order valence-electron chi connectivity index (χ1n) is 7.79. The lowest BCUT2D eigenvalue weighted by Gasteiger charge is -2.11. The molecule has 0 unspecified atom stereocenters. The van der Waals surface area contributed by atoms with E-state index in [-0.39, 0.29) is 5.56 Å². The molecule has 0 bridgehead atoms. The number of hydrogen-bond donors (Lipinski definition) is 0. The summed E-state index contributed by atoms with van der Waals surface area (Å²) < 4.78 is 3.63. The minimum Gasteiger partial charge on any atom is -0.268 e. The first-order chi connectivity index (χ1) is 11.3. The molecule has 0 saturated heterocycles. The normalized spacial score (nSPS) is 14.4. The van der Waals surface area contributed by atoms with Crippen molar-refractivity contribution in [2.24, 2.45) is 0 Å². The van der Waals surface area contributed by atoms with Crippen molar-refractivity contribution in [1.29, 1.82) is 0 Å². The Labute approximate surface area is 135 Å². The van der Waals surface area contributed by atoms with E-state index in [1.165, 1.54) is 16.9 Å². The summed E-state index contributed by atoms with van der Waals surface area (Å²) in [5.41, 5.74) is 2.08.